The van der Waals surface area contributed by atoms with Crippen LogP contribution in [0.4, 0.5) is 0 Å². The lowest BCUT2D eigenvalue weighted by Gasteiger charge is -2.17. The quantitative estimate of drug-likeness (QED) is 0.507. The van der Waals surface area contributed by atoms with Crippen LogP contribution >= 0.6 is 12.8 Å². The topological polar surface area (TPSA) is 75.7 Å². The Kier molecular flexibility index (Phi) is 7.50. The average Bonchev–Trinajstić information content (AvgIpc) is 2.68. The summed E-state index contributed by atoms with van der Waals surface area (Å²) < 4.78 is 34.0. The van der Waals surface area contributed by atoms with Crippen LogP contribution in [0.5, 0.6) is 5.75 Å². The second-order valence-electron chi connectivity index (χ2n) is 5.66. The van der Waals surface area contributed by atoms with Gasteiger partial charge in [-0.2, -0.15) is 0 Å². The number of nitrogens with zero attached hydrogens (tertiary/aromatic N) is 1. The van der Waals surface area contributed by atoms with Crippen LogP contribution in [0.15, 0.2) is 59.5 Å². The smallest absolute Gasteiger partial charge is 0.260 e. The minimum Gasteiger partial charge on any atom is -0.494 e. The Hall–Kier alpha value is -2.03. The van der Waals surface area contributed by atoms with Gasteiger partial charge in [-0.1, -0.05) is 31.0 Å². The minimum absolute atomic E-state index is 0.275. The molecule has 0 bridgehead atoms. The predicted octanol–water partition coefficient (Wildman–Crippen LogP) is 2.74. The summed E-state index contributed by atoms with van der Waals surface area (Å²) in [5, 5.41) is 0. The molecule has 0 radical (unpaired) electrons. The molecular weight excluding hydrogens is 372 g/mol. The maximum absolute atomic E-state index is 12.4. The summed E-state index contributed by atoms with van der Waals surface area (Å²) in [4.78, 5) is 11.7. The number of hydrogen-bond donors (Lipinski definition) is 2. The molecule has 6 nitrogen and oxygen atoms in total. The number of rotatable bonds is 9. The van der Waals surface area contributed by atoms with E-state index in [1.807, 2.05) is 0 Å². The first-order valence-corrected chi connectivity index (χ1v) is 10.0. The van der Waals surface area contributed by atoms with Gasteiger partial charge in [0.1, 0.15) is 5.75 Å². The zero-order chi connectivity index (χ0) is 19.0. The Morgan fingerprint density at radius 2 is 1.73 bits per heavy atom. The third-order valence-corrected chi connectivity index (χ3v) is 5.88. The van der Waals surface area contributed by atoms with Gasteiger partial charge in [0.15, 0.2) is 0 Å². The van der Waals surface area contributed by atoms with Crippen LogP contribution in [0, 0.1) is 0 Å². The number of amides is 1. The second kappa shape index (κ2) is 9.61. The molecule has 1 N–H and O–H groups in total. The number of benzene rings is 2. The number of thiol groups is 1. The van der Waals surface area contributed by atoms with E-state index in [2.05, 4.69) is 17.5 Å². The normalized spacial score (nSPS) is 11.3. The predicted molar refractivity (Wildman–Crippen MR) is 104 cm³/mol. The van der Waals surface area contributed by atoms with Crippen molar-refractivity contribution in [3.63, 3.8) is 0 Å². The summed E-state index contributed by atoms with van der Waals surface area (Å²) in [5.41, 5.74) is 0.500. The third kappa shape index (κ3) is 5.48. The van der Waals surface area contributed by atoms with Gasteiger partial charge in [0.05, 0.1) is 11.5 Å². The van der Waals surface area contributed by atoms with E-state index in [4.69, 9.17) is 4.74 Å². The van der Waals surface area contributed by atoms with Gasteiger partial charge in [0, 0.05) is 19.2 Å². The molecular formula is C18H22N2O4S2. The number of nitrogens with one attached hydrogen (secondary N) is 1. The van der Waals surface area contributed by atoms with E-state index >= 15 is 0 Å². The van der Waals surface area contributed by atoms with E-state index in [1.54, 1.807) is 61.6 Å². The van der Waals surface area contributed by atoms with Crippen LogP contribution in [0.25, 0.3) is 0 Å². The van der Waals surface area contributed by atoms with Crippen LogP contribution in [0.1, 0.15) is 23.2 Å². The Morgan fingerprint density at radius 1 is 1.08 bits per heavy atom. The molecule has 0 atom stereocenters. The van der Waals surface area contributed by atoms with Crippen molar-refractivity contribution in [2.24, 2.45) is 0 Å². The van der Waals surface area contributed by atoms with Crippen molar-refractivity contribution in [3.8, 4) is 5.75 Å². The van der Waals surface area contributed by atoms with Gasteiger partial charge in [0.25, 0.3) is 5.91 Å². The largest absolute Gasteiger partial charge is 0.494 e. The fourth-order valence-electron chi connectivity index (χ4n) is 2.29. The Morgan fingerprint density at radius 3 is 2.35 bits per heavy atom. The van der Waals surface area contributed by atoms with E-state index in [0.29, 0.717) is 42.2 Å². The molecule has 2 aromatic carbocycles. The van der Waals surface area contributed by atoms with Crippen LogP contribution < -0.4 is 9.46 Å². The molecule has 0 aliphatic carbocycles. The summed E-state index contributed by atoms with van der Waals surface area (Å²) in [6, 6.07) is 15.1. The first-order valence-electron chi connectivity index (χ1n) is 8.14. The highest BCUT2D eigenvalue weighted by molar-refractivity contribution is 7.89. The molecule has 0 aromatic heterocycles. The molecule has 0 unspecified atom stereocenters. The zero-order valence-electron chi connectivity index (χ0n) is 14.5. The fourth-order valence-corrected chi connectivity index (χ4v) is 3.65. The van der Waals surface area contributed by atoms with Crippen molar-refractivity contribution in [2.45, 2.75) is 17.7 Å². The molecule has 0 fully saturated rings. The van der Waals surface area contributed by atoms with Crippen LogP contribution in [-0.2, 0) is 10.0 Å². The number of unbranched alkanes of at least 4 members (excludes halogenated alkanes) is 1. The van der Waals surface area contributed by atoms with Gasteiger partial charge >= 0.3 is 0 Å². The van der Waals surface area contributed by atoms with Crippen LogP contribution in [0.2, 0.25) is 0 Å². The van der Waals surface area contributed by atoms with Crippen molar-refractivity contribution >= 4 is 28.7 Å². The van der Waals surface area contributed by atoms with Crippen molar-refractivity contribution in [1.29, 1.82) is 0 Å². The first-order chi connectivity index (χ1) is 12.4. The Bertz CT molecular complexity index is 809. The number of carbonyl (C=O) groups is 1. The third-order valence-electron chi connectivity index (χ3n) is 3.81. The molecule has 0 saturated heterocycles. The molecule has 0 saturated carbocycles. The highest BCUT2D eigenvalue weighted by Gasteiger charge is 2.19. The van der Waals surface area contributed by atoms with Gasteiger partial charge in [-0.05, 0) is 49.2 Å². The van der Waals surface area contributed by atoms with Crippen molar-refractivity contribution in [3.05, 3.63) is 60.2 Å². The SMILES string of the molecule is CN(CCCCOc1ccc(C(=O)NS)cc1)S(=O)(=O)c1ccccc1. The maximum atomic E-state index is 12.4. The monoisotopic (exact) mass is 394 g/mol. The van der Waals surface area contributed by atoms with Gasteiger partial charge in [-0.3, -0.25) is 9.52 Å². The Labute approximate surface area is 159 Å². The van der Waals surface area contributed by atoms with E-state index in [9.17, 15) is 13.2 Å². The zero-order valence-corrected chi connectivity index (χ0v) is 16.2. The number of carbonyl (C=O) groups excluding carboxylic acids is 1. The molecule has 0 aliphatic heterocycles. The summed E-state index contributed by atoms with van der Waals surface area (Å²) in [6.07, 6.45) is 1.40. The number of ether oxygens (including phenoxy) is 1. The van der Waals surface area contributed by atoms with Crippen molar-refractivity contribution in [2.75, 3.05) is 20.2 Å². The summed E-state index contributed by atoms with van der Waals surface area (Å²) in [5.74, 6) is 0.383. The Balaban J connectivity index is 1.74. The summed E-state index contributed by atoms with van der Waals surface area (Å²) >= 11 is 3.71. The first kappa shape index (κ1) is 20.3. The molecule has 2 aromatic rings. The van der Waals surface area contributed by atoms with Gasteiger partial charge in [-0.15, -0.1) is 0 Å². The number of hydrogen-bond acceptors (Lipinski definition) is 5. The average molecular weight is 395 g/mol. The van der Waals surface area contributed by atoms with Crippen LogP contribution in [0.3, 0.4) is 0 Å². The van der Waals surface area contributed by atoms with Crippen molar-refractivity contribution < 1.29 is 17.9 Å². The van der Waals surface area contributed by atoms with Gasteiger partial charge in [-0.25, -0.2) is 12.7 Å². The van der Waals surface area contributed by atoms with Crippen LogP contribution in [-0.4, -0.2) is 38.8 Å². The molecule has 8 heteroatoms. The lowest BCUT2D eigenvalue weighted by molar-refractivity contribution is 0.0985. The van der Waals surface area contributed by atoms with E-state index < -0.39 is 10.0 Å². The maximum Gasteiger partial charge on any atom is 0.260 e. The molecule has 0 heterocycles. The van der Waals surface area contributed by atoms with Crippen molar-refractivity contribution in [1.82, 2.24) is 9.03 Å². The molecule has 1 amide bonds. The van der Waals surface area contributed by atoms with E-state index in [1.165, 1.54) is 4.31 Å². The van der Waals surface area contributed by atoms with Gasteiger partial charge < -0.3 is 4.74 Å². The number of sulfonamides is 1. The molecule has 140 valence electrons. The highest BCUT2D eigenvalue weighted by Crippen LogP contribution is 2.15. The fraction of sp³-hybridized carbons (Fsp3) is 0.278. The lowest BCUT2D eigenvalue weighted by atomic mass is 10.2. The van der Waals surface area contributed by atoms with E-state index in [-0.39, 0.29) is 5.91 Å². The van der Waals surface area contributed by atoms with E-state index in [0.717, 1.165) is 0 Å². The summed E-state index contributed by atoms with van der Waals surface area (Å²) in [7, 11) is -1.87. The van der Waals surface area contributed by atoms with Gasteiger partial charge in [0.2, 0.25) is 10.0 Å². The minimum atomic E-state index is -3.45. The summed E-state index contributed by atoms with van der Waals surface area (Å²) in [6.45, 7) is 0.888. The molecule has 0 spiro atoms. The molecule has 0 aliphatic rings. The molecule has 26 heavy (non-hydrogen) atoms. The highest BCUT2D eigenvalue weighted by atomic mass is 32.2. The standard InChI is InChI=1S/C18H22N2O4S2/c1-20(26(22,23)17-7-3-2-4-8-17)13-5-6-14-24-16-11-9-15(10-12-16)18(21)19-25/h2-4,7-12,25H,5-6,13-14H2,1H3,(H,19,21). The second-order valence-corrected chi connectivity index (χ2v) is 7.93. The molecule has 2 rings (SSSR count). The lowest BCUT2D eigenvalue weighted by Crippen LogP contribution is -2.28.